The number of benzene rings is 1. The molecule has 1 saturated heterocycles. The number of fused-ring (bicyclic) bond motifs is 2. The van der Waals surface area contributed by atoms with E-state index in [2.05, 4.69) is 0 Å². The van der Waals surface area contributed by atoms with Crippen LogP contribution in [0.2, 0.25) is 0 Å². The number of hydrogen-bond acceptors (Lipinski definition) is 3. The fourth-order valence-corrected chi connectivity index (χ4v) is 2.40. The summed E-state index contributed by atoms with van der Waals surface area (Å²) in [6.07, 6.45) is 2.98. The molecule has 2 aliphatic heterocycles. The summed E-state index contributed by atoms with van der Waals surface area (Å²) >= 11 is 0. The first-order chi connectivity index (χ1) is 7.34. The Hall–Kier alpha value is -1.22. The highest BCUT2D eigenvalue weighted by Gasteiger charge is 2.34. The molecule has 1 aromatic carbocycles. The van der Waals surface area contributed by atoms with Crippen molar-refractivity contribution >= 4 is 0 Å². The van der Waals surface area contributed by atoms with Crippen LogP contribution in [0.3, 0.4) is 0 Å². The van der Waals surface area contributed by atoms with Crippen LogP contribution in [0.25, 0.3) is 0 Å². The van der Waals surface area contributed by atoms with Crippen molar-refractivity contribution in [3.05, 3.63) is 23.8 Å². The summed E-state index contributed by atoms with van der Waals surface area (Å²) < 4.78 is 11.3. The molecule has 3 nitrogen and oxygen atoms in total. The predicted octanol–water partition coefficient (Wildman–Crippen LogP) is 2.08. The molecule has 80 valence electrons. The molecular weight excluding hydrogens is 192 g/mol. The molecule has 1 fully saturated rings. The Morgan fingerprint density at radius 2 is 2.27 bits per heavy atom. The average Bonchev–Trinajstić information content (AvgIpc) is 2.27. The summed E-state index contributed by atoms with van der Waals surface area (Å²) in [6.45, 7) is 0.787. The number of rotatable bonds is 0. The van der Waals surface area contributed by atoms with Crippen molar-refractivity contribution in [2.45, 2.75) is 25.6 Å². The monoisotopic (exact) mass is 206 g/mol. The lowest BCUT2D eigenvalue weighted by atomic mass is 9.89. The smallest absolute Gasteiger partial charge is 0.202 e. The normalized spacial score (nSPS) is 28.8. The fraction of sp³-hybridized carbons (Fsp3) is 0.500. The highest BCUT2D eigenvalue weighted by Crippen LogP contribution is 2.39. The molecule has 0 saturated carbocycles. The third-order valence-electron chi connectivity index (χ3n) is 3.20. The Morgan fingerprint density at radius 3 is 3.20 bits per heavy atom. The Balaban J connectivity index is 1.95. The van der Waals surface area contributed by atoms with Gasteiger partial charge in [0.1, 0.15) is 11.5 Å². The molecule has 0 spiro atoms. The SMILES string of the molecule is Oc1cccc2c1CC1CCCOC1O2. The predicted molar refractivity (Wildman–Crippen MR) is 54.9 cm³/mol. The van der Waals surface area contributed by atoms with Crippen molar-refractivity contribution in [1.82, 2.24) is 0 Å². The third kappa shape index (κ3) is 1.47. The number of phenolic OH excluding ortho intramolecular Hbond substituents is 1. The molecule has 15 heavy (non-hydrogen) atoms. The highest BCUT2D eigenvalue weighted by atomic mass is 16.7. The Kier molecular flexibility index (Phi) is 2.06. The maximum atomic E-state index is 9.73. The highest BCUT2D eigenvalue weighted by molar-refractivity contribution is 5.45. The maximum absolute atomic E-state index is 9.73. The Bertz CT molecular complexity index is 375. The van der Waals surface area contributed by atoms with Crippen LogP contribution < -0.4 is 4.74 Å². The minimum Gasteiger partial charge on any atom is -0.508 e. The van der Waals surface area contributed by atoms with E-state index in [9.17, 15) is 5.11 Å². The van der Waals surface area contributed by atoms with Crippen LogP contribution in [-0.2, 0) is 11.2 Å². The lowest BCUT2D eigenvalue weighted by Gasteiger charge is -2.36. The van der Waals surface area contributed by atoms with E-state index in [1.807, 2.05) is 6.07 Å². The molecule has 2 unspecified atom stereocenters. The van der Waals surface area contributed by atoms with Gasteiger partial charge in [0.25, 0.3) is 0 Å². The molecule has 2 heterocycles. The van der Waals surface area contributed by atoms with E-state index >= 15 is 0 Å². The van der Waals surface area contributed by atoms with Crippen molar-refractivity contribution < 1.29 is 14.6 Å². The average molecular weight is 206 g/mol. The van der Waals surface area contributed by atoms with Crippen LogP contribution in [0.4, 0.5) is 0 Å². The number of ether oxygens (including phenoxy) is 2. The van der Waals surface area contributed by atoms with Crippen molar-refractivity contribution in [3.8, 4) is 11.5 Å². The molecule has 3 heteroatoms. The summed E-state index contributed by atoms with van der Waals surface area (Å²) in [4.78, 5) is 0. The standard InChI is InChI=1S/C12H14O3/c13-10-4-1-5-11-9(10)7-8-3-2-6-14-12(8)15-11/h1,4-5,8,12-13H,2-3,6-7H2. The van der Waals surface area contributed by atoms with Gasteiger partial charge in [0.05, 0.1) is 6.61 Å². The first-order valence-electron chi connectivity index (χ1n) is 5.44. The minimum absolute atomic E-state index is 0.104. The van der Waals surface area contributed by atoms with E-state index in [-0.39, 0.29) is 6.29 Å². The third-order valence-corrected chi connectivity index (χ3v) is 3.20. The van der Waals surface area contributed by atoms with E-state index in [1.54, 1.807) is 12.1 Å². The van der Waals surface area contributed by atoms with Crippen molar-refractivity contribution in [2.24, 2.45) is 5.92 Å². The van der Waals surface area contributed by atoms with Crippen molar-refractivity contribution in [2.75, 3.05) is 6.61 Å². The zero-order chi connectivity index (χ0) is 10.3. The van der Waals surface area contributed by atoms with E-state index in [1.165, 1.54) is 0 Å². The van der Waals surface area contributed by atoms with Crippen LogP contribution in [0, 0.1) is 5.92 Å². The second kappa shape index (κ2) is 3.42. The summed E-state index contributed by atoms with van der Waals surface area (Å²) in [5.41, 5.74) is 0.934. The van der Waals surface area contributed by atoms with Crippen molar-refractivity contribution in [3.63, 3.8) is 0 Å². The van der Waals surface area contributed by atoms with E-state index < -0.39 is 0 Å². The summed E-state index contributed by atoms with van der Waals surface area (Å²) in [6, 6.07) is 5.41. The largest absolute Gasteiger partial charge is 0.508 e. The lowest BCUT2D eigenvalue weighted by molar-refractivity contribution is -0.149. The fourth-order valence-electron chi connectivity index (χ4n) is 2.40. The maximum Gasteiger partial charge on any atom is 0.202 e. The molecular formula is C12H14O3. The molecule has 0 radical (unpaired) electrons. The van der Waals surface area contributed by atoms with Crippen LogP contribution in [-0.4, -0.2) is 18.0 Å². The van der Waals surface area contributed by atoms with Gasteiger partial charge in [0, 0.05) is 11.5 Å². The lowest BCUT2D eigenvalue weighted by Crippen LogP contribution is -2.38. The van der Waals surface area contributed by atoms with Crippen LogP contribution in [0.1, 0.15) is 18.4 Å². The summed E-state index contributed by atoms with van der Waals surface area (Å²) in [7, 11) is 0. The molecule has 2 aliphatic rings. The van der Waals surface area contributed by atoms with Crippen LogP contribution >= 0.6 is 0 Å². The van der Waals surface area contributed by atoms with Crippen LogP contribution in [0.5, 0.6) is 11.5 Å². The molecule has 0 bridgehead atoms. The summed E-state index contributed by atoms with van der Waals surface area (Å²) in [5.74, 6) is 1.52. The molecule has 1 N–H and O–H groups in total. The quantitative estimate of drug-likeness (QED) is 0.706. The molecule has 1 aromatic rings. The first-order valence-corrected chi connectivity index (χ1v) is 5.44. The van der Waals surface area contributed by atoms with E-state index in [0.29, 0.717) is 11.7 Å². The van der Waals surface area contributed by atoms with Gasteiger partial charge in [-0.05, 0) is 31.4 Å². The molecule has 0 aliphatic carbocycles. The van der Waals surface area contributed by atoms with E-state index in [4.69, 9.17) is 9.47 Å². The molecule has 2 atom stereocenters. The second-order valence-corrected chi connectivity index (χ2v) is 4.22. The number of aromatic hydroxyl groups is 1. The zero-order valence-electron chi connectivity index (χ0n) is 8.48. The number of hydrogen-bond donors (Lipinski definition) is 1. The van der Waals surface area contributed by atoms with Gasteiger partial charge in [-0.2, -0.15) is 0 Å². The minimum atomic E-state index is -0.104. The summed E-state index contributed by atoms with van der Waals surface area (Å²) in [5, 5.41) is 9.73. The Labute approximate surface area is 88.6 Å². The van der Waals surface area contributed by atoms with Gasteiger partial charge in [0.2, 0.25) is 6.29 Å². The van der Waals surface area contributed by atoms with Gasteiger partial charge >= 0.3 is 0 Å². The number of phenols is 1. The van der Waals surface area contributed by atoms with Crippen molar-refractivity contribution in [1.29, 1.82) is 0 Å². The van der Waals surface area contributed by atoms with Gasteiger partial charge < -0.3 is 14.6 Å². The second-order valence-electron chi connectivity index (χ2n) is 4.22. The molecule has 3 rings (SSSR count). The molecule has 0 amide bonds. The zero-order valence-corrected chi connectivity index (χ0v) is 8.48. The topological polar surface area (TPSA) is 38.7 Å². The molecule has 0 aromatic heterocycles. The van der Waals surface area contributed by atoms with Gasteiger partial charge in [0.15, 0.2) is 0 Å². The van der Waals surface area contributed by atoms with E-state index in [0.717, 1.165) is 37.2 Å². The Morgan fingerprint density at radius 1 is 1.33 bits per heavy atom. The van der Waals surface area contributed by atoms with Gasteiger partial charge in [-0.15, -0.1) is 0 Å². The van der Waals surface area contributed by atoms with Gasteiger partial charge in [-0.1, -0.05) is 6.07 Å². The van der Waals surface area contributed by atoms with Gasteiger partial charge in [-0.25, -0.2) is 0 Å². The van der Waals surface area contributed by atoms with Crippen LogP contribution in [0.15, 0.2) is 18.2 Å². The van der Waals surface area contributed by atoms with Gasteiger partial charge in [-0.3, -0.25) is 0 Å². The first kappa shape index (κ1) is 9.04.